The highest BCUT2D eigenvalue weighted by atomic mass is 16.1. The number of rotatable bonds is 5. The van der Waals surface area contributed by atoms with Gasteiger partial charge in [-0.15, -0.1) is 0 Å². The van der Waals surface area contributed by atoms with E-state index in [0.717, 1.165) is 69.6 Å². The number of amides is 1. The average Bonchev–Trinajstić information content (AvgIpc) is 3.02. The summed E-state index contributed by atoms with van der Waals surface area (Å²) in [4.78, 5) is 15.0. The zero-order valence-corrected chi connectivity index (χ0v) is 17.8. The standard InChI is InChI=1S/C25H35N3O/c1-18-7-3-4-8-21(18)24(29)27-19(2)28-15-12-25(13-16-28)17-20(11-14-26)22-9-5-6-10-23(22)25/h5-6,9-10,20H,2-4,7-8,11-17,26H2,1H3,(H,27,29). The Labute approximate surface area is 175 Å². The minimum Gasteiger partial charge on any atom is -0.359 e. The van der Waals surface area contributed by atoms with Gasteiger partial charge in [-0.05, 0) is 87.3 Å². The van der Waals surface area contributed by atoms with Crippen molar-refractivity contribution in [2.24, 2.45) is 5.73 Å². The lowest BCUT2D eigenvalue weighted by molar-refractivity contribution is -0.117. The fourth-order valence-corrected chi connectivity index (χ4v) is 5.81. The Morgan fingerprint density at radius 2 is 1.97 bits per heavy atom. The molecule has 0 radical (unpaired) electrons. The summed E-state index contributed by atoms with van der Waals surface area (Å²) >= 11 is 0. The van der Waals surface area contributed by atoms with Crippen LogP contribution in [-0.2, 0) is 10.2 Å². The number of nitrogens with one attached hydrogen (secondary N) is 1. The lowest BCUT2D eigenvalue weighted by atomic mass is 9.73. The molecule has 1 fully saturated rings. The molecule has 1 aromatic rings. The van der Waals surface area contributed by atoms with Gasteiger partial charge in [0.15, 0.2) is 0 Å². The predicted molar refractivity (Wildman–Crippen MR) is 118 cm³/mol. The fraction of sp³-hybridized carbons (Fsp3) is 0.560. The number of likely N-dealkylation sites (tertiary alicyclic amines) is 1. The van der Waals surface area contributed by atoms with Crippen molar-refractivity contribution in [1.82, 2.24) is 10.2 Å². The number of carbonyl (C=O) groups excluding carboxylic acids is 1. The van der Waals surface area contributed by atoms with Crippen molar-refractivity contribution in [3.8, 4) is 0 Å². The van der Waals surface area contributed by atoms with Gasteiger partial charge in [-0.25, -0.2) is 0 Å². The van der Waals surface area contributed by atoms with E-state index in [1.165, 1.54) is 29.5 Å². The van der Waals surface area contributed by atoms with E-state index in [2.05, 4.69) is 48.0 Å². The monoisotopic (exact) mass is 393 g/mol. The largest absolute Gasteiger partial charge is 0.359 e. The molecule has 1 aliphatic heterocycles. The van der Waals surface area contributed by atoms with E-state index in [-0.39, 0.29) is 11.3 Å². The molecule has 1 aromatic carbocycles. The van der Waals surface area contributed by atoms with Gasteiger partial charge in [-0.2, -0.15) is 0 Å². The number of benzene rings is 1. The van der Waals surface area contributed by atoms with Crippen molar-refractivity contribution in [2.75, 3.05) is 19.6 Å². The highest BCUT2D eigenvalue weighted by molar-refractivity contribution is 5.95. The summed E-state index contributed by atoms with van der Waals surface area (Å²) in [6, 6.07) is 8.97. The van der Waals surface area contributed by atoms with Crippen LogP contribution in [0.15, 0.2) is 47.8 Å². The molecule has 0 bridgehead atoms. The second-order valence-electron chi connectivity index (χ2n) is 9.20. The summed E-state index contributed by atoms with van der Waals surface area (Å²) < 4.78 is 0. The molecular formula is C25H35N3O. The van der Waals surface area contributed by atoms with Crippen LogP contribution in [0.1, 0.15) is 75.3 Å². The molecule has 1 atom stereocenters. The first-order valence-electron chi connectivity index (χ1n) is 11.3. The van der Waals surface area contributed by atoms with Crippen LogP contribution in [0.5, 0.6) is 0 Å². The summed E-state index contributed by atoms with van der Waals surface area (Å²) in [5, 5.41) is 3.10. The molecule has 1 saturated heterocycles. The van der Waals surface area contributed by atoms with Gasteiger partial charge in [-0.3, -0.25) is 4.79 Å². The zero-order chi connectivity index (χ0) is 20.4. The molecule has 1 amide bonds. The number of hydrogen-bond donors (Lipinski definition) is 2. The third-order valence-corrected chi connectivity index (χ3v) is 7.50. The summed E-state index contributed by atoms with van der Waals surface area (Å²) in [6.07, 6.45) is 8.76. The van der Waals surface area contributed by atoms with Crippen molar-refractivity contribution >= 4 is 5.91 Å². The van der Waals surface area contributed by atoms with E-state index in [1.807, 2.05) is 0 Å². The molecule has 1 unspecified atom stereocenters. The lowest BCUT2D eigenvalue weighted by Gasteiger charge is -2.42. The van der Waals surface area contributed by atoms with E-state index in [9.17, 15) is 4.79 Å². The maximum atomic E-state index is 12.7. The first-order chi connectivity index (χ1) is 14.0. The van der Waals surface area contributed by atoms with Gasteiger partial charge < -0.3 is 16.0 Å². The van der Waals surface area contributed by atoms with Crippen LogP contribution in [0, 0.1) is 0 Å². The number of allylic oxidation sites excluding steroid dienone is 1. The molecule has 3 aliphatic rings. The molecule has 1 spiro atoms. The van der Waals surface area contributed by atoms with Crippen molar-refractivity contribution in [1.29, 1.82) is 0 Å². The lowest BCUT2D eigenvalue weighted by Crippen LogP contribution is -2.44. The van der Waals surface area contributed by atoms with Crippen LogP contribution >= 0.6 is 0 Å². The molecule has 4 rings (SSSR count). The molecule has 0 aromatic heterocycles. The Hall–Kier alpha value is -2.07. The van der Waals surface area contributed by atoms with E-state index in [1.54, 1.807) is 0 Å². The first kappa shape index (κ1) is 20.2. The first-order valence-corrected chi connectivity index (χ1v) is 11.3. The van der Waals surface area contributed by atoms with Crippen LogP contribution in [0.3, 0.4) is 0 Å². The molecule has 4 nitrogen and oxygen atoms in total. The predicted octanol–water partition coefficient (Wildman–Crippen LogP) is 4.33. The summed E-state index contributed by atoms with van der Waals surface area (Å²) in [5.74, 6) is 1.41. The second-order valence-corrected chi connectivity index (χ2v) is 9.20. The smallest absolute Gasteiger partial charge is 0.252 e. The number of piperidine rings is 1. The quantitative estimate of drug-likeness (QED) is 0.783. The topological polar surface area (TPSA) is 58.4 Å². The SMILES string of the molecule is C=C(NC(=O)C1=C(C)CCCC1)N1CCC2(CC1)CC(CCN)c1ccccc12. The molecule has 2 aliphatic carbocycles. The normalized spacial score (nSPS) is 23.2. The Kier molecular flexibility index (Phi) is 5.82. The molecule has 0 saturated carbocycles. The number of nitrogens with zero attached hydrogens (tertiary/aromatic N) is 1. The Morgan fingerprint density at radius 1 is 1.24 bits per heavy atom. The van der Waals surface area contributed by atoms with Crippen molar-refractivity contribution in [2.45, 2.75) is 69.6 Å². The fourth-order valence-electron chi connectivity index (χ4n) is 5.81. The van der Waals surface area contributed by atoms with Crippen LogP contribution in [0.2, 0.25) is 0 Å². The van der Waals surface area contributed by atoms with Crippen LogP contribution < -0.4 is 11.1 Å². The summed E-state index contributed by atoms with van der Waals surface area (Å²) in [7, 11) is 0. The Balaban J connectivity index is 1.41. The minimum atomic E-state index is 0.0571. The Bertz CT molecular complexity index is 817. The summed E-state index contributed by atoms with van der Waals surface area (Å²) in [5.41, 5.74) is 11.4. The number of fused-ring (bicyclic) bond motifs is 2. The van der Waals surface area contributed by atoms with Gasteiger partial charge >= 0.3 is 0 Å². The van der Waals surface area contributed by atoms with Crippen molar-refractivity contribution in [3.63, 3.8) is 0 Å². The van der Waals surface area contributed by atoms with Gasteiger partial charge in [0.25, 0.3) is 5.91 Å². The third-order valence-electron chi connectivity index (χ3n) is 7.50. The van der Waals surface area contributed by atoms with Gasteiger partial charge in [0.05, 0.1) is 0 Å². The minimum absolute atomic E-state index is 0.0571. The van der Waals surface area contributed by atoms with Gasteiger partial charge in [0.1, 0.15) is 5.82 Å². The summed E-state index contributed by atoms with van der Waals surface area (Å²) in [6.45, 7) is 8.93. The second kappa shape index (κ2) is 8.35. The Morgan fingerprint density at radius 3 is 2.69 bits per heavy atom. The maximum absolute atomic E-state index is 12.7. The average molecular weight is 394 g/mol. The molecule has 4 heteroatoms. The maximum Gasteiger partial charge on any atom is 0.252 e. The molecule has 1 heterocycles. The van der Waals surface area contributed by atoms with Gasteiger partial charge in [0, 0.05) is 18.7 Å². The van der Waals surface area contributed by atoms with E-state index in [4.69, 9.17) is 5.73 Å². The van der Waals surface area contributed by atoms with Crippen molar-refractivity contribution < 1.29 is 4.79 Å². The van der Waals surface area contributed by atoms with Crippen LogP contribution in [0.4, 0.5) is 0 Å². The number of carbonyl (C=O) groups is 1. The highest BCUT2D eigenvalue weighted by Gasteiger charge is 2.45. The van der Waals surface area contributed by atoms with Crippen LogP contribution in [0.25, 0.3) is 0 Å². The van der Waals surface area contributed by atoms with E-state index in [0.29, 0.717) is 5.92 Å². The molecular weight excluding hydrogens is 358 g/mol. The molecule has 3 N–H and O–H groups in total. The van der Waals surface area contributed by atoms with Crippen molar-refractivity contribution in [3.05, 3.63) is 58.9 Å². The molecule has 29 heavy (non-hydrogen) atoms. The highest BCUT2D eigenvalue weighted by Crippen LogP contribution is 2.52. The third kappa shape index (κ3) is 3.87. The van der Waals surface area contributed by atoms with Crippen LogP contribution in [-0.4, -0.2) is 30.4 Å². The van der Waals surface area contributed by atoms with E-state index >= 15 is 0 Å². The number of nitrogens with two attached hydrogens (primary N) is 1. The van der Waals surface area contributed by atoms with Gasteiger partial charge in [-0.1, -0.05) is 36.4 Å². The van der Waals surface area contributed by atoms with Gasteiger partial charge in [0.2, 0.25) is 0 Å². The molecule has 156 valence electrons. The number of hydrogen-bond acceptors (Lipinski definition) is 3. The zero-order valence-electron chi connectivity index (χ0n) is 17.8. The van der Waals surface area contributed by atoms with E-state index < -0.39 is 0 Å².